The molecule has 0 saturated heterocycles. The lowest BCUT2D eigenvalue weighted by Crippen LogP contribution is -2.32. The van der Waals surface area contributed by atoms with E-state index in [-0.39, 0.29) is 6.42 Å². The third kappa shape index (κ3) is 4.11. The average Bonchev–Trinajstić information content (AvgIpc) is 2.48. The molecule has 0 spiro atoms. The van der Waals surface area contributed by atoms with Crippen LogP contribution < -0.4 is 10.9 Å². The molecule has 2 atom stereocenters. The minimum Gasteiger partial charge on any atom is -0.481 e. The van der Waals surface area contributed by atoms with Gasteiger partial charge in [0.2, 0.25) is 5.91 Å². The lowest BCUT2D eigenvalue weighted by molar-refractivity contribution is -0.144. The summed E-state index contributed by atoms with van der Waals surface area (Å²) in [4.78, 5) is 36.6. The van der Waals surface area contributed by atoms with Crippen molar-refractivity contribution in [2.75, 3.05) is 5.32 Å². The van der Waals surface area contributed by atoms with E-state index in [1.54, 1.807) is 0 Å². The minimum absolute atomic E-state index is 0.109. The number of carbonyl (C=O) groups excluding carboxylic acids is 1. The van der Waals surface area contributed by atoms with Crippen LogP contribution in [0.25, 0.3) is 0 Å². The Hall–Kier alpha value is -2.32. The van der Waals surface area contributed by atoms with Crippen molar-refractivity contribution in [3.63, 3.8) is 0 Å². The third-order valence-electron chi connectivity index (χ3n) is 3.88. The number of aromatic amines is 1. The zero-order valence-corrected chi connectivity index (χ0v) is 11.9. The van der Waals surface area contributed by atoms with Gasteiger partial charge in [-0.3, -0.25) is 14.4 Å². The topological polar surface area (TPSA) is 99.3 Å². The van der Waals surface area contributed by atoms with Crippen LogP contribution in [0.4, 0.5) is 18.9 Å². The Labute approximate surface area is 128 Å². The lowest BCUT2D eigenvalue weighted by atomic mass is 9.81. The van der Waals surface area contributed by atoms with Gasteiger partial charge in [-0.25, -0.2) is 0 Å². The summed E-state index contributed by atoms with van der Waals surface area (Å²) >= 11 is 0. The van der Waals surface area contributed by atoms with E-state index in [9.17, 15) is 27.6 Å². The molecule has 0 bridgehead atoms. The summed E-state index contributed by atoms with van der Waals surface area (Å²) < 4.78 is 37.9. The van der Waals surface area contributed by atoms with Gasteiger partial charge in [0.1, 0.15) is 5.69 Å². The Bertz CT molecular complexity index is 669. The first-order valence-electron chi connectivity index (χ1n) is 7.02. The van der Waals surface area contributed by atoms with Crippen molar-refractivity contribution < 1.29 is 27.9 Å². The highest BCUT2D eigenvalue weighted by molar-refractivity contribution is 5.92. The maximum absolute atomic E-state index is 12.6. The van der Waals surface area contributed by atoms with Crippen molar-refractivity contribution in [1.82, 2.24) is 4.98 Å². The van der Waals surface area contributed by atoms with Gasteiger partial charge in [-0.15, -0.1) is 0 Å². The fourth-order valence-corrected chi connectivity index (χ4v) is 2.63. The van der Waals surface area contributed by atoms with Crippen molar-refractivity contribution in [3.05, 3.63) is 28.2 Å². The molecule has 1 heterocycles. The van der Waals surface area contributed by atoms with Crippen molar-refractivity contribution in [1.29, 1.82) is 0 Å². The smallest absolute Gasteiger partial charge is 0.417 e. The maximum atomic E-state index is 12.6. The zero-order valence-electron chi connectivity index (χ0n) is 11.9. The highest BCUT2D eigenvalue weighted by Gasteiger charge is 2.33. The Morgan fingerprint density at radius 1 is 1.26 bits per heavy atom. The van der Waals surface area contributed by atoms with E-state index in [2.05, 4.69) is 5.32 Å². The third-order valence-corrected chi connectivity index (χ3v) is 3.88. The van der Waals surface area contributed by atoms with E-state index in [1.807, 2.05) is 4.98 Å². The van der Waals surface area contributed by atoms with Crippen molar-refractivity contribution in [2.45, 2.75) is 31.9 Å². The standard InChI is InChI=1S/C14H15F3N2O4/c15-14(16,17)9-5-10(12(21)18-6-9)19-11(20)7-2-1-3-8(4-7)13(22)23/h5-8H,1-4H2,(H,18,21)(H,19,20)(H,22,23). The van der Waals surface area contributed by atoms with Gasteiger partial charge in [0, 0.05) is 12.1 Å². The van der Waals surface area contributed by atoms with Crippen LogP contribution in [0.2, 0.25) is 0 Å². The van der Waals surface area contributed by atoms with Crippen molar-refractivity contribution in [2.24, 2.45) is 11.8 Å². The Kier molecular flexibility index (Phi) is 4.76. The summed E-state index contributed by atoms with van der Waals surface area (Å²) in [6.07, 6.45) is -2.58. The number of anilines is 1. The number of H-pyrrole nitrogens is 1. The number of nitrogens with one attached hydrogen (secondary N) is 2. The number of hydrogen-bond acceptors (Lipinski definition) is 3. The molecular formula is C14H15F3N2O4. The second-order valence-corrected chi connectivity index (χ2v) is 5.52. The highest BCUT2D eigenvalue weighted by Crippen LogP contribution is 2.31. The molecule has 0 radical (unpaired) electrons. The van der Waals surface area contributed by atoms with Gasteiger partial charge in [0.25, 0.3) is 5.56 Å². The molecule has 1 aromatic heterocycles. The van der Waals surface area contributed by atoms with Crippen LogP contribution in [-0.2, 0) is 15.8 Å². The average molecular weight is 332 g/mol. The summed E-state index contributed by atoms with van der Waals surface area (Å²) in [6, 6.07) is 0.564. The minimum atomic E-state index is -4.65. The molecule has 1 aromatic rings. The molecule has 126 valence electrons. The molecule has 1 aliphatic carbocycles. The maximum Gasteiger partial charge on any atom is 0.417 e. The molecule has 1 aliphatic rings. The van der Waals surface area contributed by atoms with E-state index < -0.39 is 46.7 Å². The highest BCUT2D eigenvalue weighted by atomic mass is 19.4. The SMILES string of the molecule is O=C(O)C1CCCC(C(=O)Nc2cc(C(F)(F)F)c[nH]c2=O)C1. The molecule has 1 amide bonds. The normalized spacial score (nSPS) is 21.7. The number of rotatable bonds is 3. The van der Waals surface area contributed by atoms with Crippen LogP contribution in [0.3, 0.4) is 0 Å². The van der Waals surface area contributed by atoms with Crippen LogP contribution in [0.5, 0.6) is 0 Å². The predicted molar refractivity (Wildman–Crippen MR) is 73.8 cm³/mol. The second-order valence-electron chi connectivity index (χ2n) is 5.52. The summed E-state index contributed by atoms with van der Waals surface area (Å²) in [5.41, 5.74) is -2.43. The number of aliphatic carboxylic acids is 1. The summed E-state index contributed by atoms with van der Waals surface area (Å²) in [6.45, 7) is 0. The number of alkyl halides is 3. The molecular weight excluding hydrogens is 317 g/mol. The molecule has 23 heavy (non-hydrogen) atoms. The number of halogens is 3. The number of carboxylic acid groups (broad SMARTS) is 1. The van der Waals surface area contributed by atoms with E-state index in [0.717, 1.165) is 0 Å². The molecule has 1 fully saturated rings. The van der Waals surface area contributed by atoms with Crippen LogP contribution >= 0.6 is 0 Å². The lowest BCUT2D eigenvalue weighted by Gasteiger charge is -2.25. The second kappa shape index (κ2) is 6.43. The number of carbonyl (C=O) groups is 2. The quantitative estimate of drug-likeness (QED) is 0.790. The van der Waals surface area contributed by atoms with Gasteiger partial charge in [-0.2, -0.15) is 13.2 Å². The van der Waals surface area contributed by atoms with Gasteiger partial charge < -0.3 is 15.4 Å². The zero-order chi connectivity index (χ0) is 17.2. The Morgan fingerprint density at radius 3 is 2.52 bits per heavy atom. The summed E-state index contributed by atoms with van der Waals surface area (Å²) in [7, 11) is 0. The number of amides is 1. The van der Waals surface area contributed by atoms with Gasteiger partial charge in [0.15, 0.2) is 0 Å². The number of hydrogen-bond donors (Lipinski definition) is 3. The monoisotopic (exact) mass is 332 g/mol. The molecule has 0 aromatic carbocycles. The first-order valence-corrected chi connectivity index (χ1v) is 7.02. The summed E-state index contributed by atoms with van der Waals surface area (Å²) in [5, 5.41) is 11.2. The van der Waals surface area contributed by atoms with Crippen molar-refractivity contribution >= 4 is 17.6 Å². The van der Waals surface area contributed by atoms with Gasteiger partial charge >= 0.3 is 12.1 Å². The van der Waals surface area contributed by atoms with E-state index in [4.69, 9.17) is 5.11 Å². The molecule has 1 saturated carbocycles. The van der Waals surface area contributed by atoms with E-state index >= 15 is 0 Å². The van der Waals surface area contributed by atoms with Crippen molar-refractivity contribution in [3.8, 4) is 0 Å². The summed E-state index contributed by atoms with van der Waals surface area (Å²) in [5.74, 6) is -2.93. The molecule has 2 rings (SSSR count). The molecule has 3 N–H and O–H groups in total. The van der Waals surface area contributed by atoms with Gasteiger partial charge in [-0.1, -0.05) is 6.42 Å². The number of aromatic nitrogens is 1. The van der Waals surface area contributed by atoms with Crippen LogP contribution in [0.1, 0.15) is 31.2 Å². The fourth-order valence-electron chi connectivity index (χ4n) is 2.63. The Balaban J connectivity index is 2.14. The number of pyridine rings is 1. The van der Waals surface area contributed by atoms with Gasteiger partial charge in [-0.05, 0) is 25.3 Å². The Morgan fingerprint density at radius 2 is 1.91 bits per heavy atom. The fraction of sp³-hybridized carbons (Fsp3) is 0.500. The van der Waals surface area contributed by atoms with Crippen LogP contribution in [-0.4, -0.2) is 22.0 Å². The van der Waals surface area contributed by atoms with Crippen LogP contribution in [0, 0.1) is 11.8 Å². The van der Waals surface area contributed by atoms with E-state index in [0.29, 0.717) is 31.5 Å². The largest absolute Gasteiger partial charge is 0.481 e. The van der Waals surface area contributed by atoms with Gasteiger partial charge in [0.05, 0.1) is 11.5 Å². The molecule has 0 aliphatic heterocycles. The predicted octanol–water partition coefficient (Wildman–Crippen LogP) is 2.22. The molecule has 6 nitrogen and oxygen atoms in total. The first-order chi connectivity index (χ1) is 10.7. The molecule has 9 heteroatoms. The molecule has 2 unspecified atom stereocenters. The first kappa shape index (κ1) is 17.0. The number of carboxylic acids is 1. The van der Waals surface area contributed by atoms with Crippen LogP contribution in [0.15, 0.2) is 17.1 Å². The van der Waals surface area contributed by atoms with E-state index in [1.165, 1.54) is 0 Å².